The fraction of sp³-hybridized carbons (Fsp3) is 0.462. The summed E-state index contributed by atoms with van der Waals surface area (Å²) >= 11 is 0. The Kier molecular flexibility index (Phi) is 4.65. The Hall–Kier alpha value is -1.69. The quantitative estimate of drug-likeness (QED) is 0.762. The van der Waals surface area contributed by atoms with Crippen LogP contribution in [0.1, 0.15) is 18.9 Å². The van der Waals surface area contributed by atoms with Gasteiger partial charge in [-0.15, -0.1) is 0 Å². The van der Waals surface area contributed by atoms with E-state index in [2.05, 4.69) is 30.9 Å². The zero-order chi connectivity index (χ0) is 12.0. The Morgan fingerprint density at radius 3 is 2.75 bits per heavy atom. The van der Waals surface area contributed by atoms with Crippen molar-refractivity contribution in [1.82, 2.24) is 0 Å². The molecule has 0 N–H and O–H groups in total. The van der Waals surface area contributed by atoms with E-state index >= 15 is 0 Å². The lowest BCUT2D eigenvalue weighted by molar-refractivity contribution is 0.414. The molecule has 0 unspecified atom stereocenters. The molecule has 0 heterocycles. The molecular formula is C13H18N2O. The molecule has 1 aromatic rings. The molecular weight excluding hydrogens is 200 g/mol. The minimum absolute atomic E-state index is 0.533. The molecule has 0 fully saturated rings. The highest BCUT2D eigenvalue weighted by atomic mass is 16.5. The standard InChI is InChI=1S/C13H18N2O/c1-4-15(9-5-8-14)12-10-11(2)6-7-13(12)16-3/h6-7,10H,4-5,9H2,1-3H3. The Morgan fingerprint density at radius 1 is 1.44 bits per heavy atom. The predicted molar refractivity (Wildman–Crippen MR) is 65.8 cm³/mol. The van der Waals surface area contributed by atoms with Crippen LogP contribution < -0.4 is 9.64 Å². The molecule has 0 aliphatic rings. The Balaban J connectivity index is 2.98. The molecule has 0 radical (unpaired) electrons. The highest BCUT2D eigenvalue weighted by Crippen LogP contribution is 2.29. The van der Waals surface area contributed by atoms with Gasteiger partial charge in [0.05, 0.1) is 25.3 Å². The van der Waals surface area contributed by atoms with Gasteiger partial charge in [0.25, 0.3) is 0 Å². The molecule has 3 nitrogen and oxygen atoms in total. The third kappa shape index (κ3) is 2.90. The summed E-state index contributed by atoms with van der Waals surface area (Å²) in [5.41, 5.74) is 2.27. The van der Waals surface area contributed by atoms with Crippen LogP contribution in [0.2, 0.25) is 0 Å². The maximum atomic E-state index is 8.63. The lowest BCUT2D eigenvalue weighted by atomic mass is 10.2. The van der Waals surface area contributed by atoms with Crippen molar-refractivity contribution in [3.63, 3.8) is 0 Å². The molecule has 3 heteroatoms. The number of hydrogen-bond donors (Lipinski definition) is 0. The fourth-order valence-corrected chi connectivity index (χ4v) is 1.68. The van der Waals surface area contributed by atoms with Gasteiger partial charge in [0.2, 0.25) is 0 Å². The first-order valence-corrected chi connectivity index (χ1v) is 5.49. The van der Waals surface area contributed by atoms with Crippen LogP contribution in [0.5, 0.6) is 5.75 Å². The third-order valence-corrected chi connectivity index (χ3v) is 2.55. The minimum atomic E-state index is 0.533. The largest absolute Gasteiger partial charge is 0.495 e. The van der Waals surface area contributed by atoms with Crippen molar-refractivity contribution in [2.75, 3.05) is 25.1 Å². The summed E-state index contributed by atoms with van der Waals surface area (Å²) < 4.78 is 5.34. The zero-order valence-corrected chi connectivity index (χ0v) is 10.2. The van der Waals surface area contributed by atoms with Gasteiger partial charge in [0.15, 0.2) is 0 Å². The molecule has 0 aliphatic carbocycles. The minimum Gasteiger partial charge on any atom is -0.495 e. The molecule has 0 aliphatic heterocycles. The maximum Gasteiger partial charge on any atom is 0.142 e. The van der Waals surface area contributed by atoms with Crippen LogP contribution in [-0.2, 0) is 0 Å². The smallest absolute Gasteiger partial charge is 0.142 e. The molecule has 16 heavy (non-hydrogen) atoms. The molecule has 0 bridgehead atoms. The van der Waals surface area contributed by atoms with Crippen LogP contribution >= 0.6 is 0 Å². The summed E-state index contributed by atoms with van der Waals surface area (Å²) in [5, 5.41) is 8.63. The number of hydrogen-bond acceptors (Lipinski definition) is 3. The van der Waals surface area contributed by atoms with Crippen molar-refractivity contribution in [1.29, 1.82) is 5.26 Å². The van der Waals surface area contributed by atoms with Crippen LogP contribution in [0.3, 0.4) is 0 Å². The van der Waals surface area contributed by atoms with Crippen molar-refractivity contribution in [2.45, 2.75) is 20.3 Å². The summed E-state index contributed by atoms with van der Waals surface area (Å²) in [6.07, 6.45) is 0.533. The molecule has 0 atom stereocenters. The molecule has 1 aromatic carbocycles. The normalized spacial score (nSPS) is 9.62. The van der Waals surface area contributed by atoms with Crippen molar-refractivity contribution in [3.8, 4) is 11.8 Å². The van der Waals surface area contributed by atoms with E-state index in [9.17, 15) is 0 Å². The first-order chi connectivity index (χ1) is 7.72. The van der Waals surface area contributed by atoms with E-state index in [1.165, 1.54) is 5.56 Å². The highest BCUT2D eigenvalue weighted by Gasteiger charge is 2.10. The predicted octanol–water partition coefficient (Wildman–Crippen LogP) is 2.74. The van der Waals surface area contributed by atoms with Crippen molar-refractivity contribution < 1.29 is 4.74 Å². The van der Waals surface area contributed by atoms with Gasteiger partial charge < -0.3 is 9.64 Å². The first kappa shape index (κ1) is 12.4. The molecule has 0 aromatic heterocycles. The van der Waals surface area contributed by atoms with E-state index in [0.29, 0.717) is 6.42 Å². The van der Waals surface area contributed by atoms with Gasteiger partial charge in [-0.3, -0.25) is 0 Å². The second kappa shape index (κ2) is 6.02. The summed E-state index contributed by atoms with van der Waals surface area (Å²) in [6.45, 7) is 5.76. The van der Waals surface area contributed by atoms with E-state index in [0.717, 1.165) is 24.5 Å². The van der Waals surface area contributed by atoms with E-state index in [1.54, 1.807) is 7.11 Å². The van der Waals surface area contributed by atoms with Crippen LogP contribution in [0.25, 0.3) is 0 Å². The first-order valence-electron chi connectivity index (χ1n) is 5.49. The lowest BCUT2D eigenvalue weighted by Crippen LogP contribution is -2.24. The summed E-state index contributed by atoms with van der Waals surface area (Å²) in [5.74, 6) is 0.866. The van der Waals surface area contributed by atoms with Gasteiger partial charge in [-0.1, -0.05) is 6.07 Å². The van der Waals surface area contributed by atoms with Crippen LogP contribution in [-0.4, -0.2) is 20.2 Å². The fourth-order valence-electron chi connectivity index (χ4n) is 1.68. The zero-order valence-electron chi connectivity index (χ0n) is 10.2. The number of anilines is 1. The van der Waals surface area contributed by atoms with Gasteiger partial charge in [-0.2, -0.15) is 5.26 Å². The number of methoxy groups -OCH3 is 1. The van der Waals surface area contributed by atoms with Gasteiger partial charge >= 0.3 is 0 Å². The van der Waals surface area contributed by atoms with Gasteiger partial charge in [0, 0.05) is 13.1 Å². The lowest BCUT2D eigenvalue weighted by Gasteiger charge is -2.24. The molecule has 0 saturated carbocycles. The van der Waals surface area contributed by atoms with Crippen molar-refractivity contribution in [2.24, 2.45) is 0 Å². The maximum absolute atomic E-state index is 8.63. The number of nitriles is 1. The van der Waals surface area contributed by atoms with Crippen molar-refractivity contribution in [3.05, 3.63) is 23.8 Å². The molecule has 1 rings (SSSR count). The topological polar surface area (TPSA) is 36.3 Å². The molecule has 0 spiro atoms. The van der Waals surface area contributed by atoms with Crippen LogP contribution in [0.15, 0.2) is 18.2 Å². The van der Waals surface area contributed by atoms with Gasteiger partial charge in [-0.25, -0.2) is 0 Å². The van der Waals surface area contributed by atoms with Crippen LogP contribution in [0.4, 0.5) is 5.69 Å². The van der Waals surface area contributed by atoms with Gasteiger partial charge in [-0.05, 0) is 31.5 Å². The van der Waals surface area contributed by atoms with Crippen molar-refractivity contribution >= 4 is 5.69 Å². The summed E-state index contributed by atoms with van der Waals surface area (Å²) in [7, 11) is 1.67. The number of rotatable bonds is 5. The van der Waals surface area contributed by atoms with Gasteiger partial charge in [0.1, 0.15) is 5.75 Å². The summed E-state index contributed by atoms with van der Waals surface area (Å²) in [6, 6.07) is 8.27. The SMILES string of the molecule is CCN(CCC#N)c1cc(C)ccc1OC. The van der Waals surface area contributed by atoms with E-state index in [1.807, 2.05) is 12.1 Å². The Labute approximate surface area is 97.3 Å². The average molecular weight is 218 g/mol. The number of aryl methyl sites for hydroxylation is 1. The second-order valence-corrected chi connectivity index (χ2v) is 3.66. The van der Waals surface area contributed by atoms with E-state index < -0.39 is 0 Å². The highest BCUT2D eigenvalue weighted by molar-refractivity contribution is 5.60. The van der Waals surface area contributed by atoms with E-state index in [4.69, 9.17) is 10.00 Å². The molecule has 0 saturated heterocycles. The number of benzene rings is 1. The number of nitrogens with zero attached hydrogens (tertiary/aromatic N) is 2. The monoisotopic (exact) mass is 218 g/mol. The Bertz CT molecular complexity index is 382. The average Bonchev–Trinajstić information content (AvgIpc) is 2.30. The van der Waals surface area contributed by atoms with Crippen LogP contribution in [0, 0.1) is 18.3 Å². The second-order valence-electron chi connectivity index (χ2n) is 3.66. The summed E-state index contributed by atoms with van der Waals surface area (Å²) in [4.78, 5) is 2.16. The molecule has 0 amide bonds. The third-order valence-electron chi connectivity index (χ3n) is 2.55. The molecule has 86 valence electrons. The Morgan fingerprint density at radius 2 is 2.19 bits per heavy atom. The van der Waals surface area contributed by atoms with E-state index in [-0.39, 0.29) is 0 Å². The number of ether oxygens (including phenoxy) is 1.